The Labute approximate surface area is 94.0 Å². The van der Waals surface area contributed by atoms with E-state index < -0.39 is 5.97 Å². The molecular weight excluding hydrogens is 204 g/mol. The molecule has 0 aliphatic carbocycles. The Balaban J connectivity index is 2.53. The number of aryl methyl sites for hydroxylation is 1. The maximum absolute atomic E-state index is 11.6. The smallest absolute Gasteiger partial charge is 0.348 e. The number of methoxy groups -OCH3 is 1. The zero-order valence-corrected chi connectivity index (χ0v) is 9.24. The molecule has 2 rings (SSSR count). The van der Waals surface area contributed by atoms with E-state index in [1.54, 1.807) is 0 Å². The van der Waals surface area contributed by atoms with E-state index in [0.29, 0.717) is 11.3 Å². The van der Waals surface area contributed by atoms with Gasteiger partial charge in [-0.15, -0.1) is 0 Å². The highest BCUT2D eigenvalue weighted by molar-refractivity contribution is 6.20. The Morgan fingerprint density at radius 3 is 2.44 bits per heavy atom. The molecule has 0 radical (unpaired) electrons. The minimum atomic E-state index is -0.411. The van der Waals surface area contributed by atoms with Gasteiger partial charge in [-0.1, -0.05) is 36.4 Å². The lowest BCUT2D eigenvalue weighted by molar-refractivity contribution is -0.131. The standard InChI is InChI=1S/C13H12O3/c1-8-4-6-10(7-5-8)11-12(15-3)9(2)16-13(11)14/h4-7H,2H2,1,3H3. The van der Waals surface area contributed by atoms with Gasteiger partial charge in [0, 0.05) is 0 Å². The van der Waals surface area contributed by atoms with E-state index >= 15 is 0 Å². The van der Waals surface area contributed by atoms with Crippen molar-refractivity contribution in [1.82, 2.24) is 0 Å². The van der Waals surface area contributed by atoms with Crippen LogP contribution in [0, 0.1) is 6.92 Å². The third-order valence-corrected chi connectivity index (χ3v) is 2.44. The van der Waals surface area contributed by atoms with Gasteiger partial charge in [0.15, 0.2) is 11.5 Å². The first-order valence-corrected chi connectivity index (χ1v) is 4.90. The predicted octanol–water partition coefficient (Wildman–Crippen LogP) is 2.42. The Bertz CT molecular complexity index is 480. The maximum atomic E-state index is 11.6. The molecule has 1 aliphatic rings. The van der Waals surface area contributed by atoms with Gasteiger partial charge in [0.25, 0.3) is 0 Å². The molecule has 0 atom stereocenters. The van der Waals surface area contributed by atoms with Gasteiger partial charge >= 0.3 is 5.97 Å². The number of hydrogen-bond acceptors (Lipinski definition) is 3. The number of ether oxygens (including phenoxy) is 2. The summed E-state index contributed by atoms with van der Waals surface area (Å²) in [5.74, 6) is 0.266. The highest BCUT2D eigenvalue weighted by Crippen LogP contribution is 2.32. The topological polar surface area (TPSA) is 35.5 Å². The third-order valence-electron chi connectivity index (χ3n) is 2.44. The summed E-state index contributed by atoms with van der Waals surface area (Å²) in [5.41, 5.74) is 2.35. The van der Waals surface area contributed by atoms with Crippen molar-refractivity contribution in [2.45, 2.75) is 6.92 Å². The van der Waals surface area contributed by atoms with Crippen LogP contribution < -0.4 is 0 Å². The summed E-state index contributed by atoms with van der Waals surface area (Å²) < 4.78 is 10.1. The summed E-state index contributed by atoms with van der Waals surface area (Å²) in [4.78, 5) is 11.6. The molecule has 0 amide bonds. The fourth-order valence-corrected chi connectivity index (χ4v) is 1.63. The lowest BCUT2D eigenvalue weighted by atomic mass is 10.0. The minimum absolute atomic E-state index is 0.267. The number of esters is 1. The van der Waals surface area contributed by atoms with Crippen LogP contribution in [0.4, 0.5) is 0 Å². The summed E-state index contributed by atoms with van der Waals surface area (Å²) in [7, 11) is 1.50. The van der Waals surface area contributed by atoms with E-state index in [1.807, 2.05) is 31.2 Å². The molecule has 0 N–H and O–H groups in total. The highest BCUT2D eigenvalue weighted by atomic mass is 16.6. The lowest BCUT2D eigenvalue weighted by Crippen LogP contribution is -1.98. The number of rotatable bonds is 2. The molecule has 82 valence electrons. The summed E-state index contributed by atoms with van der Waals surface area (Å²) in [6.45, 7) is 5.61. The van der Waals surface area contributed by atoms with Crippen LogP contribution >= 0.6 is 0 Å². The first kappa shape index (κ1) is 10.5. The molecular formula is C13H12O3. The minimum Gasteiger partial charge on any atom is -0.492 e. The molecule has 16 heavy (non-hydrogen) atoms. The fourth-order valence-electron chi connectivity index (χ4n) is 1.63. The van der Waals surface area contributed by atoms with E-state index in [0.717, 1.165) is 11.1 Å². The van der Waals surface area contributed by atoms with Gasteiger partial charge in [-0.2, -0.15) is 0 Å². The van der Waals surface area contributed by atoms with Gasteiger partial charge in [0.2, 0.25) is 0 Å². The molecule has 0 fully saturated rings. The van der Waals surface area contributed by atoms with Crippen LogP contribution in [-0.4, -0.2) is 13.1 Å². The molecule has 0 saturated carbocycles. The normalized spacial score (nSPS) is 15.4. The second kappa shape index (κ2) is 3.85. The van der Waals surface area contributed by atoms with Crippen LogP contribution in [0.5, 0.6) is 0 Å². The zero-order chi connectivity index (χ0) is 11.7. The number of hydrogen-bond donors (Lipinski definition) is 0. The average Bonchev–Trinajstić information content (AvgIpc) is 2.54. The van der Waals surface area contributed by atoms with Crippen LogP contribution in [0.15, 0.2) is 42.4 Å². The van der Waals surface area contributed by atoms with E-state index in [9.17, 15) is 4.79 Å². The van der Waals surface area contributed by atoms with Gasteiger partial charge in [-0.25, -0.2) is 4.79 Å². The lowest BCUT2D eigenvalue weighted by Gasteiger charge is -2.02. The van der Waals surface area contributed by atoms with E-state index in [2.05, 4.69) is 6.58 Å². The van der Waals surface area contributed by atoms with Crippen molar-refractivity contribution in [3.63, 3.8) is 0 Å². The number of carbonyl (C=O) groups is 1. The molecule has 3 nitrogen and oxygen atoms in total. The molecule has 0 bridgehead atoms. The first-order valence-electron chi connectivity index (χ1n) is 4.90. The van der Waals surface area contributed by atoms with Crippen molar-refractivity contribution >= 4 is 11.5 Å². The first-order chi connectivity index (χ1) is 7.63. The predicted molar refractivity (Wildman–Crippen MR) is 60.3 cm³/mol. The molecule has 1 aromatic carbocycles. The number of carbonyl (C=O) groups excluding carboxylic acids is 1. The van der Waals surface area contributed by atoms with Gasteiger partial charge in [0.05, 0.1) is 7.11 Å². The van der Waals surface area contributed by atoms with Gasteiger partial charge < -0.3 is 9.47 Å². The average molecular weight is 216 g/mol. The quantitative estimate of drug-likeness (QED) is 0.712. The Morgan fingerprint density at radius 1 is 1.25 bits per heavy atom. The summed E-state index contributed by atoms with van der Waals surface area (Å²) >= 11 is 0. The van der Waals surface area contributed by atoms with Crippen LogP contribution in [0.1, 0.15) is 11.1 Å². The van der Waals surface area contributed by atoms with Crippen molar-refractivity contribution in [2.24, 2.45) is 0 Å². The summed E-state index contributed by atoms with van der Waals surface area (Å²) in [6.07, 6.45) is 0. The Hall–Kier alpha value is -2.03. The molecule has 1 aromatic rings. The van der Waals surface area contributed by atoms with Crippen LogP contribution in [-0.2, 0) is 14.3 Å². The monoisotopic (exact) mass is 216 g/mol. The Kier molecular flexibility index (Phi) is 2.52. The van der Waals surface area contributed by atoms with Crippen molar-refractivity contribution in [1.29, 1.82) is 0 Å². The van der Waals surface area contributed by atoms with Crippen LogP contribution in [0.2, 0.25) is 0 Å². The number of benzene rings is 1. The molecule has 0 saturated heterocycles. The number of cyclic esters (lactones) is 1. The fraction of sp³-hybridized carbons (Fsp3) is 0.154. The van der Waals surface area contributed by atoms with Gasteiger partial charge in [0.1, 0.15) is 5.57 Å². The Morgan fingerprint density at radius 2 is 1.88 bits per heavy atom. The summed E-state index contributed by atoms with van der Waals surface area (Å²) in [5, 5.41) is 0. The van der Waals surface area contributed by atoms with Gasteiger partial charge in [-0.05, 0) is 12.5 Å². The van der Waals surface area contributed by atoms with Crippen LogP contribution in [0.25, 0.3) is 5.57 Å². The van der Waals surface area contributed by atoms with E-state index in [1.165, 1.54) is 7.11 Å². The molecule has 0 spiro atoms. The van der Waals surface area contributed by atoms with E-state index in [-0.39, 0.29) is 5.76 Å². The van der Waals surface area contributed by atoms with Crippen molar-refractivity contribution in [3.05, 3.63) is 53.5 Å². The van der Waals surface area contributed by atoms with Crippen molar-refractivity contribution in [3.8, 4) is 0 Å². The second-order valence-corrected chi connectivity index (χ2v) is 3.59. The van der Waals surface area contributed by atoms with Crippen molar-refractivity contribution < 1.29 is 14.3 Å². The molecule has 0 aromatic heterocycles. The van der Waals surface area contributed by atoms with E-state index in [4.69, 9.17) is 9.47 Å². The maximum Gasteiger partial charge on any atom is 0.348 e. The largest absolute Gasteiger partial charge is 0.492 e. The van der Waals surface area contributed by atoms with Crippen LogP contribution in [0.3, 0.4) is 0 Å². The molecule has 1 aliphatic heterocycles. The molecule has 0 unspecified atom stereocenters. The van der Waals surface area contributed by atoms with Crippen molar-refractivity contribution in [2.75, 3.05) is 7.11 Å². The molecule has 3 heteroatoms. The SMILES string of the molecule is C=C1OC(=O)C(c2ccc(C)cc2)=C1OC. The third kappa shape index (κ3) is 1.60. The highest BCUT2D eigenvalue weighted by Gasteiger charge is 2.30. The summed E-state index contributed by atoms with van der Waals surface area (Å²) in [6, 6.07) is 7.60. The zero-order valence-electron chi connectivity index (χ0n) is 9.24. The second-order valence-electron chi connectivity index (χ2n) is 3.59. The van der Waals surface area contributed by atoms with Gasteiger partial charge in [-0.3, -0.25) is 0 Å². The molecule has 1 heterocycles.